The van der Waals surface area contributed by atoms with Gasteiger partial charge in [0.05, 0.1) is 11.9 Å². The number of nitrogens with zero attached hydrogens (tertiary/aromatic N) is 2. The Kier molecular flexibility index (Phi) is 7.06. The number of allylic oxidation sites excluding steroid dienone is 4. The van der Waals surface area contributed by atoms with Gasteiger partial charge in [0.1, 0.15) is 0 Å². The minimum Gasteiger partial charge on any atom is -0.337 e. The van der Waals surface area contributed by atoms with E-state index < -0.39 is 0 Å². The molecular weight excluding hydrogens is 350 g/mol. The van der Waals surface area contributed by atoms with Crippen LogP contribution in [0.15, 0.2) is 59.0 Å². The lowest BCUT2D eigenvalue weighted by atomic mass is 10.00. The number of aromatic nitrogens is 1. The normalized spacial score (nSPS) is 17.2. The minimum atomic E-state index is 0.471. The van der Waals surface area contributed by atoms with E-state index in [-0.39, 0.29) is 0 Å². The number of nitrogens with one attached hydrogen (secondary N) is 1. The van der Waals surface area contributed by atoms with Crippen LogP contribution in [0.3, 0.4) is 0 Å². The zero-order chi connectivity index (χ0) is 16.7. The second kappa shape index (κ2) is 9.04. The molecule has 0 amide bonds. The first-order valence-corrected chi connectivity index (χ1v) is 9.05. The highest BCUT2D eigenvalue weighted by Gasteiger charge is 2.25. The topological polar surface area (TPSA) is 28.2 Å². The van der Waals surface area contributed by atoms with Crippen LogP contribution in [-0.4, -0.2) is 24.1 Å². The fraction of sp³-hybridized carbons (Fsp3) is 0.421. The van der Waals surface area contributed by atoms with Gasteiger partial charge in [0.2, 0.25) is 0 Å². The monoisotopic (exact) mass is 375 g/mol. The van der Waals surface area contributed by atoms with Gasteiger partial charge < -0.3 is 10.2 Å². The van der Waals surface area contributed by atoms with E-state index in [0.29, 0.717) is 6.04 Å². The van der Waals surface area contributed by atoms with Crippen molar-refractivity contribution in [3.63, 3.8) is 0 Å². The number of piperidine rings is 1. The molecule has 1 N–H and O–H groups in total. The Hall–Kier alpha value is -1.39. The first-order valence-electron chi connectivity index (χ1n) is 8.25. The third-order valence-electron chi connectivity index (χ3n) is 4.12. The summed E-state index contributed by atoms with van der Waals surface area (Å²) < 4.78 is 1.11. The number of pyridine rings is 1. The van der Waals surface area contributed by atoms with Crippen molar-refractivity contribution in [3.8, 4) is 0 Å². The highest BCUT2D eigenvalue weighted by Crippen LogP contribution is 2.30. The standard InChI is InChI=1S/C19H26BrN3/c1-4-15(2)19(8-7-16(3)20)23(17-9-12-21-13-10-17)18-6-5-11-22-14-18/h5-8,11,14,17,21H,2,4,9-10,12-13H2,1,3H3. The molecule has 2 heterocycles. The molecule has 1 fully saturated rings. The molecule has 1 aromatic heterocycles. The Morgan fingerprint density at radius 1 is 1.43 bits per heavy atom. The molecule has 0 radical (unpaired) electrons. The van der Waals surface area contributed by atoms with Crippen molar-refractivity contribution in [1.82, 2.24) is 10.3 Å². The lowest BCUT2D eigenvalue weighted by Gasteiger charge is -2.38. The first-order chi connectivity index (χ1) is 11.1. The summed E-state index contributed by atoms with van der Waals surface area (Å²) in [5.74, 6) is 0. The first kappa shape index (κ1) is 18.0. The molecule has 1 saturated heterocycles. The van der Waals surface area contributed by atoms with Crippen LogP contribution in [-0.2, 0) is 0 Å². The van der Waals surface area contributed by atoms with Crippen LogP contribution >= 0.6 is 15.9 Å². The largest absolute Gasteiger partial charge is 0.337 e. The van der Waals surface area contributed by atoms with E-state index in [1.807, 2.05) is 25.4 Å². The maximum Gasteiger partial charge on any atom is 0.0599 e. The Morgan fingerprint density at radius 2 is 2.17 bits per heavy atom. The van der Waals surface area contributed by atoms with Crippen molar-refractivity contribution < 1.29 is 0 Å². The summed E-state index contributed by atoms with van der Waals surface area (Å²) in [6.07, 6.45) is 11.2. The van der Waals surface area contributed by atoms with E-state index in [9.17, 15) is 0 Å². The molecule has 3 nitrogen and oxygen atoms in total. The van der Waals surface area contributed by atoms with Gasteiger partial charge >= 0.3 is 0 Å². The van der Waals surface area contributed by atoms with Gasteiger partial charge in [-0.25, -0.2) is 0 Å². The average Bonchev–Trinajstić information content (AvgIpc) is 2.59. The molecule has 0 saturated carbocycles. The van der Waals surface area contributed by atoms with Gasteiger partial charge in [-0.3, -0.25) is 4.98 Å². The summed E-state index contributed by atoms with van der Waals surface area (Å²) in [6.45, 7) is 10.6. The van der Waals surface area contributed by atoms with Crippen LogP contribution < -0.4 is 10.2 Å². The molecule has 0 spiro atoms. The number of hydrogen-bond acceptors (Lipinski definition) is 3. The van der Waals surface area contributed by atoms with Crippen molar-refractivity contribution in [3.05, 3.63) is 59.0 Å². The molecule has 4 heteroatoms. The third-order valence-corrected chi connectivity index (χ3v) is 4.38. The summed E-state index contributed by atoms with van der Waals surface area (Å²) in [7, 11) is 0. The van der Waals surface area contributed by atoms with Crippen molar-refractivity contribution in [1.29, 1.82) is 0 Å². The van der Waals surface area contributed by atoms with Gasteiger partial charge in [-0.2, -0.15) is 0 Å². The molecule has 1 aromatic rings. The minimum absolute atomic E-state index is 0.471. The van der Waals surface area contributed by atoms with Crippen molar-refractivity contribution >= 4 is 21.6 Å². The average molecular weight is 376 g/mol. The smallest absolute Gasteiger partial charge is 0.0599 e. The molecule has 0 aliphatic carbocycles. The van der Waals surface area contributed by atoms with Crippen LogP contribution in [0.1, 0.15) is 33.1 Å². The van der Waals surface area contributed by atoms with E-state index in [0.717, 1.165) is 48.1 Å². The van der Waals surface area contributed by atoms with E-state index in [2.05, 4.69) is 62.9 Å². The van der Waals surface area contributed by atoms with Crippen LogP contribution in [0.2, 0.25) is 0 Å². The zero-order valence-electron chi connectivity index (χ0n) is 14.1. The quantitative estimate of drug-likeness (QED) is 0.724. The lowest BCUT2D eigenvalue weighted by molar-refractivity contribution is 0.445. The van der Waals surface area contributed by atoms with E-state index >= 15 is 0 Å². The third kappa shape index (κ3) is 5.05. The number of hydrogen-bond donors (Lipinski definition) is 1. The molecule has 1 aliphatic heterocycles. The Bertz CT molecular complexity index is 568. The second-order valence-electron chi connectivity index (χ2n) is 5.82. The van der Waals surface area contributed by atoms with Gasteiger partial charge in [-0.15, -0.1) is 0 Å². The van der Waals surface area contributed by atoms with Crippen LogP contribution in [0.5, 0.6) is 0 Å². The SMILES string of the molecule is C=C(CC)C(=CC=C(C)Br)N(c1cccnc1)C1CCNCC1. The van der Waals surface area contributed by atoms with Gasteiger partial charge in [0.25, 0.3) is 0 Å². The van der Waals surface area contributed by atoms with Crippen LogP contribution in [0.25, 0.3) is 0 Å². The van der Waals surface area contributed by atoms with E-state index in [4.69, 9.17) is 0 Å². The number of anilines is 1. The summed E-state index contributed by atoms with van der Waals surface area (Å²) in [4.78, 5) is 6.75. The van der Waals surface area contributed by atoms with Crippen molar-refractivity contribution in [2.75, 3.05) is 18.0 Å². The fourth-order valence-corrected chi connectivity index (χ4v) is 2.98. The summed E-state index contributed by atoms with van der Waals surface area (Å²) in [5.41, 5.74) is 3.48. The highest BCUT2D eigenvalue weighted by molar-refractivity contribution is 9.11. The molecule has 0 atom stereocenters. The summed E-state index contributed by atoms with van der Waals surface area (Å²) >= 11 is 3.52. The van der Waals surface area contributed by atoms with Crippen LogP contribution in [0.4, 0.5) is 5.69 Å². The van der Waals surface area contributed by atoms with Gasteiger partial charge in [-0.1, -0.05) is 35.5 Å². The Labute approximate surface area is 148 Å². The molecule has 0 aromatic carbocycles. The van der Waals surface area contributed by atoms with Crippen molar-refractivity contribution in [2.45, 2.75) is 39.2 Å². The number of rotatable bonds is 6. The summed E-state index contributed by atoms with van der Waals surface area (Å²) in [6, 6.07) is 4.61. The Balaban J connectivity index is 2.45. The summed E-state index contributed by atoms with van der Waals surface area (Å²) in [5, 5.41) is 3.45. The van der Waals surface area contributed by atoms with Crippen molar-refractivity contribution in [2.24, 2.45) is 0 Å². The van der Waals surface area contributed by atoms with Gasteiger partial charge in [0.15, 0.2) is 0 Å². The van der Waals surface area contributed by atoms with Gasteiger partial charge in [0, 0.05) is 17.9 Å². The van der Waals surface area contributed by atoms with E-state index in [1.54, 1.807) is 0 Å². The second-order valence-corrected chi connectivity index (χ2v) is 7.08. The molecule has 0 unspecified atom stereocenters. The van der Waals surface area contributed by atoms with Crippen LogP contribution in [0, 0.1) is 0 Å². The maximum absolute atomic E-state index is 4.32. The lowest BCUT2D eigenvalue weighted by Crippen LogP contribution is -2.43. The molecule has 2 rings (SSSR count). The predicted molar refractivity (Wildman–Crippen MR) is 103 cm³/mol. The molecular formula is C19H26BrN3. The predicted octanol–water partition coefficient (Wildman–Crippen LogP) is 4.79. The molecule has 1 aliphatic rings. The molecule has 23 heavy (non-hydrogen) atoms. The van der Waals surface area contributed by atoms with E-state index in [1.165, 1.54) is 5.70 Å². The maximum atomic E-state index is 4.32. The zero-order valence-corrected chi connectivity index (χ0v) is 15.6. The highest BCUT2D eigenvalue weighted by atomic mass is 79.9. The molecule has 124 valence electrons. The fourth-order valence-electron chi connectivity index (χ4n) is 2.85. The van der Waals surface area contributed by atoms with Gasteiger partial charge in [-0.05, 0) is 67.5 Å². The molecule has 0 bridgehead atoms. The number of halogens is 1. The Morgan fingerprint density at radius 3 is 2.74 bits per heavy atom.